The summed E-state index contributed by atoms with van der Waals surface area (Å²) in [4.78, 5) is 15.8. The number of aromatic amines is 1. The van der Waals surface area contributed by atoms with E-state index in [4.69, 9.17) is 4.74 Å². The van der Waals surface area contributed by atoms with E-state index in [1.165, 1.54) is 42.6 Å². The Hall–Kier alpha value is -3.94. The maximum Gasteiger partial charge on any atom is 0.274 e. The Morgan fingerprint density at radius 2 is 1.91 bits per heavy atom. The lowest BCUT2D eigenvalue weighted by Crippen LogP contribution is -2.35. The number of methoxy groups -OCH3 is 1. The predicted molar refractivity (Wildman–Crippen MR) is 138 cm³/mol. The topological polar surface area (TPSA) is 80.1 Å². The third-order valence-electron chi connectivity index (χ3n) is 7.22. The molecular weight excluding hydrogens is 440 g/mol. The van der Waals surface area contributed by atoms with E-state index in [1.807, 2.05) is 31.4 Å². The van der Waals surface area contributed by atoms with Crippen LogP contribution >= 0.6 is 0 Å². The van der Waals surface area contributed by atoms with Crippen LogP contribution in [0.1, 0.15) is 29.8 Å². The molecule has 8 nitrogen and oxygen atoms in total. The number of H-pyrrole nitrogens is 1. The largest absolute Gasteiger partial charge is 0.480 e. The van der Waals surface area contributed by atoms with Gasteiger partial charge in [0.1, 0.15) is 11.5 Å². The van der Waals surface area contributed by atoms with Crippen LogP contribution in [0, 0.1) is 0 Å². The third-order valence-corrected chi connectivity index (χ3v) is 7.22. The van der Waals surface area contributed by atoms with E-state index in [2.05, 4.69) is 43.2 Å². The lowest BCUT2D eigenvalue weighted by molar-refractivity contribution is 0.397. The molecule has 4 heterocycles. The molecule has 1 aliphatic carbocycles. The molecule has 0 atom stereocenters. The van der Waals surface area contributed by atoms with Crippen molar-refractivity contribution in [3.8, 4) is 17.0 Å². The average molecular weight is 471 g/mol. The Kier molecular flexibility index (Phi) is 5.36. The first-order chi connectivity index (χ1) is 17.1. The van der Waals surface area contributed by atoms with Crippen molar-refractivity contribution in [2.24, 2.45) is 7.05 Å². The molecule has 0 bridgehead atoms. The molecule has 0 unspecified atom stereocenters. The van der Waals surface area contributed by atoms with Gasteiger partial charge in [-0.15, -0.1) is 5.10 Å². The van der Waals surface area contributed by atoms with Crippen LogP contribution in [0.4, 0.5) is 17.2 Å². The molecule has 8 heteroatoms. The van der Waals surface area contributed by atoms with Crippen LogP contribution in [0.15, 0.2) is 53.5 Å². The Balaban J connectivity index is 1.47. The zero-order valence-corrected chi connectivity index (χ0v) is 20.2. The number of hydrogen-bond donors (Lipinski definition) is 2. The van der Waals surface area contributed by atoms with Gasteiger partial charge in [-0.05, 0) is 42.9 Å². The Morgan fingerprint density at radius 1 is 1.09 bits per heavy atom. The number of benzene rings is 1. The highest BCUT2D eigenvalue weighted by Gasteiger charge is 2.27. The zero-order chi connectivity index (χ0) is 23.9. The predicted octanol–water partition coefficient (Wildman–Crippen LogP) is 4.23. The number of nitrogens with zero attached hydrogens (tertiary/aromatic N) is 4. The minimum atomic E-state index is -0.1000. The number of ether oxygens (including phenoxy) is 1. The zero-order valence-electron chi connectivity index (χ0n) is 20.2. The van der Waals surface area contributed by atoms with E-state index >= 15 is 0 Å². The summed E-state index contributed by atoms with van der Waals surface area (Å²) in [6.07, 6.45) is 6.92. The van der Waals surface area contributed by atoms with Crippen LogP contribution in [0.3, 0.4) is 0 Å². The second-order valence-electron chi connectivity index (χ2n) is 9.38. The second kappa shape index (κ2) is 8.69. The minimum absolute atomic E-state index is 0.1000. The van der Waals surface area contributed by atoms with Crippen LogP contribution in [-0.2, 0) is 33.0 Å². The van der Waals surface area contributed by atoms with Gasteiger partial charge in [-0.3, -0.25) is 9.89 Å². The summed E-state index contributed by atoms with van der Waals surface area (Å²) in [5.74, 6) is 1.07. The van der Waals surface area contributed by atoms with Gasteiger partial charge in [-0.2, -0.15) is 0 Å². The summed E-state index contributed by atoms with van der Waals surface area (Å²) < 4.78 is 9.41. The quantitative estimate of drug-likeness (QED) is 0.456. The molecule has 35 heavy (non-hydrogen) atoms. The van der Waals surface area contributed by atoms with Crippen LogP contribution < -0.4 is 20.5 Å². The third kappa shape index (κ3) is 3.79. The fourth-order valence-electron chi connectivity index (χ4n) is 5.52. The highest BCUT2D eigenvalue weighted by molar-refractivity contribution is 5.90. The van der Waals surface area contributed by atoms with Gasteiger partial charge in [0, 0.05) is 49.4 Å². The van der Waals surface area contributed by atoms with Gasteiger partial charge in [-0.25, -0.2) is 0 Å². The Bertz CT molecular complexity index is 1430. The fraction of sp³-hybridized carbons (Fsp3) is 0.333. The second-order valence-corrected chi connectivity index (χ2v) is 9.38. The van der Waals surface area contributed by atoms with Gasteiger partial charge in [0.2, 0.25) is 5.88 Å². The van der Waals surface area contributed by atoms with Crippen molar-refractivity contribution >= 4 is 17.2 Å². The molecule has 4 aromatic rings. The van der Waals surface area contributed by atoms with E-state index in [0.717, 1.165) is 36.4 Å². The number of fused-ring (bicyclic) bond motifs is 3. The van der Waals surface area contributed by atoms with E-state index in [-0.39, 0.29) is 5.56 Å². The van der Waals surface area contributed by atoms with Crippen LogP contribution in [0.2, 0.25) is 0 Å². The molecule has 0 saturated heterocycles. The number of anilines is 3. The number of nitrogens with one attached hydrogen (secondary N) is 2. The molecule has 6 rings (SSSR count). The van der Waals surface area contributed by atoms with Crippen LogP contribution in [0.25, 0.3) is 11.1 Å². The molecule has 0 spiro atoms. The molecule has 2 N–H and O–H groups in total. The molecule has 1 aromatic carbocycles. The van der Waals surface area contributed by atoms with E-state index in [0.29, 0.717) is 17.4 Å². The molecule has 0 saturated carbocycles. The number of rotatable bonds is 5. The number of aryl methyl sites for hydroxylation is 2. The Labute approximate surface area is 204 Å². The van der Waals surface area contributed by atoms with Crippen molar-refractivity contribution in [1.82, 2.24) is 19.3 Å². The first-order valence-corrected chi connectivity index (χ1v) is 12.2. The van der Waals surface area contributed by atoms with Crippen molar-refractivity contribution in [2.45, 2.75) is 38.8 Å². The number of aromatic nitrogens is 4. The monoisotopic (exact) mass is 470 g/mol. The van der Waals surface area contributed by atoms with E-state index in [1.54, 1.807) is 17.7 Å². The van der Waals surface area contributed by atoms with E-state index < -0.39 is 0 Å². The minimum Gasteiger partial charge on any atom is -0.480 e. The summed E-state index contributed by atoms with van der Waals surface area (Å²) >= 11 is 0. The van der Waals surface area contributed by atoms with Gasteiger partial charge in [-0.1, -0.05) is 30.3 Å². The molecule has 180 valence electrons. The van der Waals surface area contributed by atoms with Gasteiger partial charge < -0.3 is 24.1 Å². The standard InChI is InChI=1S/C27H30N6O2/c1-31-17-22(32-12-13-33-20(16-32)14-19-10-6-7-11-21(19)33)25(18-8-4-3-5-9-18)26(27(31)34)28-23-15-24(35-2)30-29-23/h3-5,8-9,14-15,17H,6-7,10-13,16H2,1-2H3,(H2,28,29,30). The summed E-state index contributed by atoms with van der Waals surface area (Å²) in [6.45, 7) is 2.67. The molecule has 0 radical (unpaired) electrons. The SMILES string of the molecule is COc1cc(Nc2c(-c3ccccc3)c(N3CCn4c(cc5c4CCCC5)C3)cn(C)c2=O)[nH]n1. The smallest absolute Gasteiger partial charge is 0.274 e. The number of hydrogen-bond acceptors (Lipinski definition) is 5. The average Bonchev–Trinajstić information content (AvgIpc) is 3.50. The van der Waals surface area contributed by atoms with Crippen LogP contribution in [0.5, 0.6) is 5.88 Å². The number of pyridine rings is 1. The molecule has 3 aromatic heterocycles. The summed E-state index contributed by atoms with van der Waals surface area (Å²) in [5.41, 5.74) is 7.76. The van der Waals surface area contributed by atoms with Crippen molar-refractivity contribution in [1.29, 1.82) is 0 Å². The maximum absolute atomic E-state index is 13.4. The first kappa shape index (κ1) is 21.6. The lowest BCUT2D eigenvalue weighted by atomic mass is 9.98. The Morgan fingerprint density at radius 3 is 2.71 bits per heavy atom. The van der Waals surface area contributed by atoms with Gasteiger partial charge in [0.05, 0.1) is 19.3 Å². The summed E-state index contributed by atoms with van der Waals surface area (Å²) in [7, 11) is 3.38. The van der Waals surface area contributed by atoms with Crippen molar-refractivity contribution in [3.63, 3.8) is 0 Å². The van der Waals surface area contributed by atoms with Crippen molar-refractivity contribution < 1.29 is 4.74 Å². The molecule has 0 fully saturated rings. The summed E-state index contributed by atoms with van der Waals surface area (Å²) in [5, 5.41) is 10.4. The van der Waals surface area contributed by atoms with Crippen molar-refractivity contribution in [3.05, 3.63) is 76.0 Å². The maximum atomic E-state index is 13.4. The van der Waals surface area contributed by atoms with Gasteiger partial charge in [0.25, 0.3) is 5.56 Å². The lowest BCUT2D eigenvalue weighted by Gasteiger charge is -2.34. The summed E-state index contributed by atoms with van der Waals surface area (Å²) in [6, 6.07) is 14.3. The molecular formula is C27H30N6O2. The first-order valence-electron chi connectivity index (χ1n) is 12.2. The van der Waals surface area contributed by atoms with Crippen molar-refractivity contribution in [2.75, 3.05) is 23.9 Å². The normalized spacial score (nSPS) is 15.0. The highest BCUT2D eigenvalue weighted by atomic mass is 16.5. The molecule has 0 amide bonds. The highest BCUT2D eigenvalue weighted by Crippen LogP contribution is 2.39. The van der Waals surface area contributed by atoms with Gasteiger partial charge >= 0.3 is 0 Å². The fourth-order valence-corrected chi connectivity index (χ4v) is 5.52. The van der Waals surface area contributed by atoms with Gasteiger partial charge in [0.15, 0.2) is 0 Å². The van der Waals surface area contributed by atoms with E-state index in [9.17, 15) is 4.79 Å². The molecule has 1 aliphatic heterocycles. The van der Waals surface area contributed by atoms with Crippen LogP contribution in [-0.4, -0.2) is 33.0 Å². The molecule has 2 aliphatic rings.